The van der Waals surface area contributed by atoms with Crippen LogP contribution in [0.1, 0.15) is 17.8 Å². The predicted octanol–water partition coefficient (Wildman–Crippen LogP) is 2.44. The highest BCUT2D eigenvalue weighted by atomic mass is 19.4. The monoisotopic (exact) mass is 248 g/mol. The SMILES string of the molecule is CNCc1nc(C)ccc1OCCC(F)(F)F. The van der Waals surface area contributed by atoms with E-state index in [1.165, 1.54) is 0 Å². The molecule has 1 N–H and O–H groups in total. The lowest BCUT2D eigenvalue weighted by Gasteiger charge is -2.12. The van der Waals surface area contributed by atoms with Crippen LogP contribution in [0, 0.1) is 6.92 Å². The van der Waals surface area contributed by atoms with E-state index < -0.39 is 12.6 Å². The van der Waals surface area contributed by atoms with E-state index in [0.717, 1.165) is 5.69 Å². The maximum absolute atomic E-state index is 12.0. The van der Waals surface area contributed by atoms with E-state index >= 15 is 0 Å². The van der Waals surface area contributed by atoms with Gasteiger partial charge in [0.2, 0.25) is 0 Å². The Morgan fingerprint density at radius 2 is 2.06 bits per heavy atom. The minimum Gasteiger partial charge on any atom is -0.491 e. The second-order valence-corrected chi connectivity index (χ2v) is 3.64. The molecule has 1 rings (SSSR count). The Hall–Kier alpha value is -1.30. The molecule has 0 spiro atoms. The summed E-state index contributed by atoms with van der Waals surface area (Å²) in [6.45, 7) is 1.90. The van der Waals surface area contributed by atoms with Gasteiger partial charge in [0, 0.05) is 12.2 Å². The number of alkyl halides is 3. The second-order valence-electron chi connectivity index (χ2n) is 3.64. The molecule has 6 heteroatoms. The van der Waals surface area contributed by atoms with Gasteiger partial charge < -0.3 is 10.1 Å². The summed E-state index contributed by atoms with van der Waals surface area (Å²) in [5.74, 6) is 0.397. The molecule has 0 aliphatic carbocycles. The fraction of sp³-hybridized carbons (Fsp3) is 0.545. The summed E-state index contributed by atoms with van der Waals surface area (Å²) in [5.41, 5.74) is 1.42. The van der Waals surface area contributed by atoms with Crippen LogP contribution >= 0.6 is 0 Å². The quantitative estimate of drug-likeness (QED) is 0.869. The fourth-order valence-electron chi connectivity index (χ4n) is 1.30. The third kappa shape index (κ3) is 5.04. The highest BCUT2D eigenvalue weighted by Crippen LogP contribution is 2.22. The number of ether oxygens (including phenoxy) is 1. The molecular formula is C11H15F3N2O. The molecule has 0 aromatic carbocycles. The number of aromatic nitrogens is 1. The van der Waals surface area contributed by atoms with Gasteiger partial charge in [0.15, 0.2) is 0 Å². The van der Waals surface area contributed by atoms with E-state index in [1.807, 2.05) is 6.92 Å². The van der Waals surface area contributed by atoms with Crippen LogP contribution in [-0.2, 0) is 6.54 Å². The van der Waals surface area contributed by atoms with Gasteiger partial charge in [-0.2, -0.15) is 13.2 Å². The third-order valence-corrected chi connectivity index (χ3v) is 2.06. The first-order valence-corrected chi connectivity index (χ1v) is 5.23. The van der Waals surface area contributed by atoms with Crippen molar-refractivity contribution in [3.8, 4) is 5.75 Å². The van der Waals surface area contributed by atoms with Crippen LogP contribution in [0.4, 0.5) is 13.2 Å². The van der Waals surface area contributed by atoms with Crippen molar-refractivity contribution >= 4 is 0 Å². The second kappa shape index (κ2) is 5.86. The lowest BCUT2D eigenvalue weighted by atomic mass is 10.3. The molecule has 0 saturated carbocycles. The molecule has 17 heavy (non-hydrogen) atoms. The largest absolute Gasteiger partial charge is 0.491 e. The first-order chi connectivity index (χ1) is 7.92. The number of aryl methyl sites for hydroxylation is 1. The zero-order valence-corrected chi connectivity index (χ0v) is 9.77. The maximum atomic E-state index is 12.0. The maximum Gasteiger partial charge on any atom is 0.392 e. The average molecular weight is 248 g/mol. The highest BCUT2D eigenvalue weighted by Gasteiger charge is 2.27. The van der Waals surface area contributed by atoms with Gasteiger partial charge in [-0.25, -0.2) is 0 Å². The highest BCUT2D eigenvalue weighted by molar-refractivity contribution is 5.29. The number of hydrogen-bond donors (Lipinski definition) is 1. The molecule has 0 fully saturated rings. The van der Waals surface area contributed by atoms with Crippen molar-refractivity contribution in [2.24, 2.45) is 0 Å². The van der Waals surface area contributed by atoms with Crippen LogP contribution in [0.5, 0.6) is 5.75 Å². The number of nitrogens with one attached hydrogen (secondary N) is 1. The van der Waals surface area contributed by atoms with Crippen molar-refractivity contribution in [2.45, 2.75) is 26.1 Å². The number of hydrogen-bond acceptors (Lipinski definition) is 3. The summed E-state index contributed by atoms with van der Waals surface area (Å²) >= 11 is 0. The standard InChI is InChI=1S/C11H15F3N2O/c1-8-3-4-10(9(16-8)7-15-2)17-6-5-11(12,13)14/h3-4,15H,5-7H2,1-2H3. The topological polar surface area (TPSA) is 34.2 Å². The Morgan fingerprint density at radius 3 is 2.65 bits per heavy atom. The van der Waals surface area contributed by atoms with Crippen LogP contribution in [0.3, 0.4) is 0 Å². The average Bonchev–Trinajstić information content (AvgIpc) is 2.20. The van der Waals surface area contributed by atoms with Crippen LogP contribution < -0.4 is 10.1 Å². The van der Waals surface area contributed by atoms with E-state index in [9.17, 15) is 13.2 Å². The molecule has 0 unspecified atom stereocenters. The Morgan fingerprint density at radius 1 is 1.35 bits per heavy atom. The molecule has 0 aliphatic heterocycles. The zero-order valence-electron chi connectivity index (χ0n) is 9.77. The molecule has 0 radical (unpaired) electrons. The molecule has 0 atom stereocenters. The first-order valence-electron chi connectivity index (χ1n) is 5.23. The van der Waals surface area contributed by atoms with Crippen molar-refractivity contribution in [1.29, 1.82) is 0 Å². The molecule has 0 bridgehead atoms. The molecule has 3 nitrogen and oxygen atoms in total. The van der Waals surface area contributed by atoms with E-state index in [4.69, 9.17) is 4.74 Å². The van der Waals surface area contributed by atoms with Crippen LogP contribution in [0.25, 0.3) is 0 Å². The molecule has 0 saturated heterocycles. The lowest BCUT2D eigenvalue weighted by Crippen LogP contribution is -2.15. The van der Waals surface area contributed by atoms with Crippen molar-refractivity contribution in [3.05, 3.63) is 23.5 Å². The summed E-state index contributed by atoms with van der Waals surface area (Å²) in [6, 6.07) is 3.35. The first kappa shape index (κ1) is 13.8. The zero-order chi connectivity index (χ0) is 12.9. The molecule has 0 aliphatic rings. The summed E-state index contributed by atoms with van der Waals surface area (Å²) in [6.07, 6.45) is -5.15. The van der Waals surface area contributed by atoms with Crippen LogP contribution in [-0.4, -0.2) is 24.8 Å². The number of pyridine rings is 1. The van der Waals surface area contributed by atoms with Crippen LogP contribution in [0.2, 0.25) is 0 Å². The minimum absolute atomic E-state index is 0.384. The van der Waals surface area contributed by atoms with Gasteiger partial charge in [0.05, 0.1) is 18.7 Å². The van der Waals surface area contributed by atoms with Gasteiger partial charge in [-0.3, -0.25) is 4.98 Å². The molecule has 1 heterocycles. The Labute approximate surface area is 98.0 Å². The Bertz CT molecular complexity index is 366. The van der Waals surface area contributed by atoms with Gasteiger partial charge in [-0.15, -0.1) is 0 Å². The van der Waals surface area contributed by atoms with E-state index in [0.29, 0.717) is 18.0 Å². The minimum atomic E-state index is -4.19. The van der Waals surface area contributed by atoms with Gasteiger partial charge in [0.1, 0.15) is 5.75 Å². The van der Waals surface area contributed by atoms with Gasteiger partial charge in [-0.1, -0.05) is 0 Å². The summed E-state index contributed by atoms with van der Waals surface area (Å²) in [5, 5.41) is 2.89. The van der Waals surface area contributed by atoms with Crippen molar-refractivity contribution in [3.63, 3.8) is 0 Å². The van der Waals surface area contributed by atoms with Crippen molar-refractivity contribution in [2.75, 3.05) is 13.7 Å². The summed E-state index contributed by atoms with van der Waals surface area (Å²) in [4.78, 5) is 4.21. The van der Waals surface area contributed by atoms with E-state index in [1.54, 1.807) is 19.2 Å². The third-order valence-electron chi connectivity index (χ3n) is 2.06. The van der Waals surface area contributed by atoms with Crippen molar-refractivity contribution in [1.82, 2.24) is 10.3 Å². The number of halogens is 3. The normalized spacial score (nSPS) is 11.6. The smallest absolute Gasteiger partial charge is 0.392 e. The fourth-order valence-corrected chi connectivity index (χ4v) is 1.30. The summed E-state index contributed by atoms with van der Waals surface area (Å²) in [7, 11) is 1.74. The van der Waals surface area contributed by atoms with E-state index in [2.05, 4.69) is 10.3 Å². The molecule has 0 amide bonds. The van der Waals surface area contributed by atoms with Crippen LogP contribution in [0.15, 0.2) is 12.1 Å². The Balaban J connectivity index is 2.63. The predicted molar refractivity (Wildman–Crippen MR) is 57.9 cm³/mol. The number of rotatable bonds is 5. The molecule has 96 valence electrons. The van der Waals surface area contributed by atoms with Gasteiger partial charge in [-0.05, 0) is 26.1 Å². The summed E-state index contributed by atoms with van der Waals surface area (Å²) < 4.78 is 41.0. The lowest BCUT2D eigenvalue weighted by molar-refractivity contribution is -0.139. The molecule has 1 aromatic rings. The molecule has 1 aromatic heterocycles. The van der Waals surface area contributed by atoms with E-state index in [-0.39, 0.29) is 6.61 Å². The molecular weight excluding hydrogens is 233 g/mol. The number of nitrogens with zero attached hydrogens (tertiary/aromatic N) is 1. The van der Waals surface area contributed by atoms with Gasteiger partial charge in [0.25, 0.3) is 0 Å². The van der Waals surface area contributed by atoms with Gasteiger partial charge >= 0.3 is 6.18 Å². The van der Waals surface area contributed by atoms with Crippen molar-refractivity contribution < 1.29 is 17.9 Å². The Kier molecular flexibility index (Phi) is 4.74.